The Labute approximate surface area is 126 Å². The highest BCUT2D eigenvalue weighted by Gasteiger charge is 2.17. The average Bonchev–Trinajstić information content (AvgIpc) is 2.96. The lowest BCUT2D eigenvalue weighted by Gasteiger charge is -2.08. The third-order valence-corrected chi connectivity index (χ3v) is 3.56. The van der Waals surface area contributed by atoms with Crippen molar-refractivity contribution in [2.75, 3.05) is 0 Å². The molecule has 0 saturated carbocycles. The predicted molar refractivity (Wildman–Crippen MR) is 78.8 cm³/mol. The fraction of sp³-hybridized carbons (Fsp3) is 0.357. The van der Waals surface area contributed by atoms with Gasteiger partial charge in [-0.25, -0.2) is 14.4 Å². The van der Waals surface area contributed by atoms with Crippen LogP contribution in [0.25, 0.3) is 11.0 Å². The molecule has 1 atom stereocenters. The monoisotopic (exact) mass is 307 g/mol. The molecule has 0 saturated heterocycles. The molecule has 0 N–H and O–H groups in total. The number of halogens is 2. The van der Waals surface area contributed by atoms with Gasteiger partial charge in [-0.2, -0.15) is 5.10 Å². The first-order chi connectivity index (χ1) is 9.95. The van der Waals surface area contributed by atoms with Gasteiger partial charge in [0.15, 0.2) is 5.82 Å². The van der Waals surface area contributed by atoms with Gasteiger partial charge in [-0.1, -0.05) is 0 Å². The molecule has 2 heterocycles. The van der Waals surface area contributed by atoms with Gasteiger partial charge in [-0.05, 0) is 25.5 Å². The van der Waals surface area contributed by atoms with Gasteiger partial charge in [0.2, 0.25) is 0 Å². The van der Waals surface area contributed by atoms with Gasteiger partial charge >= 0.3 is 0 Å². The standard InChI is InChI=1S/C14H15ClFN5/c1-8-4-12-11(5-10(8)16)18-14(9(2)15)21(12)6-13-17-7-20(3)19-13/h4-5,7,9H,6H2,1-3H3. The van der Waals surface area contributed by atoms with Crippen LogP contribution >= 0.6 is 11.6 Å². The number of fused-ring (bicyclic) bond motifs is 1. The van der Waals surface area contributed by atoms with Crippen molar-refractivity contribution in [1.29, 1.82) is 0 Å². The fourth-order valence-electron chi connectivity index (χ4n) is 2.34. The van der Waals surface area contributed by atoms with Crippen molar-refractivity contribution >= 4 is 22.6 Å². The van der Waals surface area contributed by atoms with Gasteiger partial charge in [0.05, 0.1) is 23.0 Å². The minimum absolute atomic E-state index is 0.267. The molecule has 21 heavy (non-hydrogen) atoms. The third-order valence-electron chi connectivity index (χ3n) is 3.36. The lowest BCUT2D eigenvalue weighted by Crippen LogP contribution is -2.07. The topological polar surface area (TPSA) is 48.5 Å². The molecule has 7 heteroatoms. The third kappa shape index (κ3) is 2.51. The number of hydrogen-bond acceptors (Lipinski definition) is 3. The number of alkyl halides is 1. The number of hydrogen-bond donors (Lipinski definition) is 0. The molecule has 0 bridgehead atoms. The van der Waals surface area contributed by atoms with Crippen molar-refractivity contribution in [3.05, 3.63) is 41.5 Å². The van der Waals surface area contributed by atoms with Crippen molar-refractivity contribution < 1.29 is 4.39 Å². The van der Waals surface area contributed by atoms with E-state index in [9.17, 15) is 4.39 Å². The molecule has 0 aliphatic carbocycles. The molecular weight excluding hydrogens is 293 g/mol. The summed E-state index contributed by atoms with van der Waals surface area (Å²) >= 11 is 6.21. The molecule has 1 aromatic carbocycles. The first-order valence-electron chi connectivity index (χ1n) is 6.60. The molecule has 1 unspecified atom stereocenters. The van der Waals surface area contributed by atoms with Crippen LogP contribution in [-0.2, 0) is 13.6 Å². The van der Waals surface area contributed by atoms with E-state index in [4.69, 9.17) is 11.6 Å². The van der Waals surface area contributed by atoms with Gasteiger partial charge in [0.25, 0.3) is 0 Å². The summed E-state index contributed by atoms with van der Waals surface area (Å²) in [7, 11) is 1.81. The van der Waals surface area contributed by atoms with Crippen LogP contribution in [0, 0.1) is 12.7 Å². The summed E-state index contributed by atoms with van der Waals surface area (Å²) < 4.78 is 17.3. The lowest BCUT2D eigenvalue weighted by atomic mass is 10.2. The molecular formula is C14H15ClFN5. The van der Waals surface area contributed by atoms with E-state index in [1.807, 2.05) is 18.5 Å². The SMILES string of the molecule is Cc1cc2c(cc1F)nc(C(C)Cl)n2Cc1ncn(C)n1. The highest BCUT2D eigenvalue weighted by molar-refractivity contribution is 6.20. The maximum atomic E-state index is 13.7. The van der Waals surface area contributed by atoms with Crippen LogP contribution in [0.4, 0.5) is 4.39 Å². The predicted octanol–water partition coefficient (Wildman–Crippen LogP) is 2.96. The van der Waals surface area contributed by atoms with Crippen LogP contribution < -0.4 is 0 Å². The summed E-state index contributed by atoms with van der Waals surface area (Å²) in [6.07, 6.45) is 1.64. The molecule has 110 valence electrons. The van der Waals surface area contributed by atoms with E-state index in [2.05, 4.69) is 15.1 Å². The Morgan fingerprint density at radius 1 is 1.38 bits per heavy atom. The highest BCUT2D eigenvalue weighted by Crippen LogP contribution is 2.26. The van der Waals surface area contributed by atoms with E-state index in [0.29, 0.717) is 29.3 Å². The van der Waals surface area contributed by atoms with Crippen molar-refractivity contribution in [2.24, 2.45) is 7.05 Å². The molecule has 5 nitrogen and oxygen atoms in total. The molecule has 0 radical (unpaired) electrons. The normalized spacial score (nSPS) is 13.0. The average molecular weight is 308 g/mol. The quantitative estimate of drug-likeness (QED) is 0.699. The van der Waals surface area contributed by atoms with Crippen molar-refractivity contribution in [1.82, 2.24) is 24.3 Å². The number of nitrogens with zero attached hydrogens (tertiary/aromatic N) is 5. The summed E-state index contributed by atoms with van der Waals surface area (Å²) in [4.78, 5) is 8.67. The van der Waals surface area contributed by atoms with Crippen molar-refractivity contribution in [3.8, 4) is 0 Å². The van der Waals surface area contributed by atoms with E-state index in [0.717, 1.165) is 5.52 Å². The number of aromatic nitrogens is 5. The minimum atomic E-state index is -0.288. The second-order valence-electron chi connectivity index (χ2n) is 5.10. The second-order valence-corrected chi connectivity index (χ2v) is 5.75. The largest absolute Gasteiger partial charge is 0.319 e. The smallest absolute Gasteiger partial charge is 0.170 e. The summed E-state index contributed by atoms with van der Waals surface area (Å²) in [6, 6.07) is 3.22. The number of imidazole rings is 1. The molecule has 3 aromatic rings. The lowest BCUT2D eigenvalue weighted by molar-refractivity contribution is 0.620. The summed E-state index contributed by atoms with van der Waals surface area (Å²) in [6.45, 7) is 4.03. The second kappa shape index (κ2) is 5.11. The van der Waals surface area contributed by atoms with E-state index < -0.39 is 0 Å². The molecule has 0 amide bonds. The molecule has 2 aromatic heterocycles. The zero-order valence-corrected chi connectivity index (χ0v) is 12.8. The fourth-order valence-corrected chi connectivity index (χ4v) is 2.50. The minimum Gasteiger partial charge on any atom is -0.319 e. The van der Waals surface area contributed by atoms with E-state index >= 15 is 0 Å². The summed E-state index contributed by atoms with van der Waals surface area (Å²) in [5.41, 5.74) is 2.01. The van der Waals surface area contributed by atoms with Crippen LogP contribution in [0.3, 0.4) is 0 Å². The molecule has 0 aliphatic rings. The van der Waals surface area contributed by atoms with Crippen LogP contribution in [-0.4, -0.2) is 24.3 Å². The van der Waals surface area contributed by atoms with Crippen molar-refractivity contribution in [2.45, 2.75) is 25.8 Å². The van der Waals surface area contributed by atoms with E-state index in [1.54, 1.807) is 24.0 Å². The Morgan fingerprint density at radius 2 is 2.14 bits per heavy atom. The van der Waals surface area contributed by atoms with Crippen LogP contribution in [0.1, 0.15) is 29.5 Å². The Bertz CT molecular complexity index is 805. The van der Waals surface area contributed by atoms with E-state index in [-0.39, 0.29) is 11.2 Å². The molecule has 0 aliphatic heterocycles. The van der Waals surface area contributed by atoms with Crippen LogP contribution in [0.15, 0.2) is 18.5 Å². The van der Waals surface area contributed by atoms with Gasteiger partial charge in [-0.3, -0.25) is 4.68 Å². The summed E-state index contributed by atoms with van der Waals surface area (Å²) in [5, 5.41) is 3.99. The summed E-state index contributed by atoms with van der Waals surface area (Å²) in [5.74, 6) is 1.08. The molecule has 3 rings (SSSR count). The van der Waals surface area contributed by atoms with Gasteiger partial charge < -0.3 is 4.57 Å². The van der Waals surface area contributed by atoms with Gasteiger partial charge in [0, 0.05) is 13.1 Å². The Kier molecular flexibility index (Phi) is 3.41. The number of rotatable bonds is 3. The Hall–Kier alpha value is -1.95. The highest BCUT2D eigenvalue weighted by atomic mass is 35.5. The van der Waals surface area contributed by atoms with Gasteiger partial charge in [-0.15, -0.1) is 11.6 Å². The zero-order valence-electron chi connectivity index (χ0n) is 12.0. The first-order valence-corrected chi connectivity index (χ1v) is 7.04. The number of benzene rings is 1. The van der Waals surface area contributed by atoms with Crippen LogP contribution in [0.2, 0.25) is 0 Å². The first kappa shape index (κ1) is 14.0. The molecule has 0 spiro atoms. The zero-order chi connectivity index (χ0) is 15.1. The number of aryl methyl sites for hydroxylation is 2. The molecule has 0 fully saturated rings. The van der Waals surface area contributed by atoms with Gasteiger partial charge in [0.1, 0.15) is 18.0 Å². The maximum Gasteiger partial charge on any atom is 0.170 e. The Morgan fingerprint density at radius 3 is 2.76 bits per heavy atom. The van der Waals surface area contributed by atoms with Crippen LogP contribution in [0.5, 0.6) is 0 Å². The maximum absolute atomic E-state index is 13.7. The van der Waals surface area contributed by atoms with E-state index in [1.165, 1.54) is 6.07 Å². The van der Waals surface area contributed by atoms with Crippen molar-refractivity contribution in [3.63, 3.8) is 0 Å². The Balaban J connectivity index is 2.17.